The molecule has 3 aromatic rings. The first kappa shape index (κ1) is 13.5. The van der Waals surface area contributed by atoms with E-state index >= 15 is 0 Å². The van der Waals surface area contributed by atoms with E-state index < -0.39 is 0 Å². The molecule has 0 fully saturated rings. The monoisotopic (exact) mass is 279 g/mol. The molecule has 0 aliphatic heterocycles. The van der Waals surface area contributed by atoms with Gasteiger partial charge in [-0.05, 0) is 31.5 Å². The Balaban J connectivity index is 2.22. The van der Waals surface area contributed by atoms with E-state index in [4.69, 9.17) is 0 Å². The molecule has 0 spiro atoms. The molecule has 0 unspecified atom stereocenters. The lowest BCUT2D eigenvalue weighted by Crippen LogP contribution is -2.03. The minimum absolute atomic E-state index is 0.146. The zero-order chi connectivity index (χ0) is 14.8. The van der Waals surface area contributed by atoms with Crippen LogP contribution < -0.4 is 0 Å². The summed E-state index contributed by atoms with van der Waals surface area (Å²) in [6.45, 7) is 3.98. The average Bonchev–Trinajstić information content (AvgIpc) is 2.92. The van der Waals surface area contributed by atoms with Crippen molar-refractivity contribution in [3.05, 3.63) is 65.5 Å². The van der Waals surface area contributed by atoms with Crippen LogP contribution in [0.25, 0.3) is 17.1 Å². The molecule has 0 saturated carbocycles. The standard InChI is InChI=1S/C17H17N3O/c1-12-8-9-15(13(2)10-12)17-19-18-16(11-21)20(17)14-6-4-3-5-7-14/h3-10,21H,11H2,1-2H3. The lowest BCUT2D eigenvalue weighted by molar-refractivity contribution is 0.269. The van der Waals surface area contributed by atoms with Gasteiger partial charge in [0.1, 0.15) is 6.61 Å². The molecule has 0 aliphatic carbocycles. The van der Waals surface area contributed by atoms with Gasteiger partial charge in [0.05, 0.1) is 0 Å². The van der Waals surface area contributed by atoms with E-state index in [-0.39, 0.29) is 6.61 Å². The van der Waals surface area contributed by atoms with Crippen molar-refractivity contribution < 1.29 is 5.11 Å². The van der Waals surface area contributed by atoms with Crippen molar-refractivity contribution in [1.82, 2.24) is 14.8 Å². The van der Waals surface area contributed by atoms with Gasteiger partial charge in [-0.25, -0.2) is 0 Å². The molecule has 1 aromatic heterocycles. The molecule has 0 aliphatic rings. The SMILES string of the molecule is Cc1ccc(-c2nnc(CO)n2-c2ccccc2)c(C)c1. The number of aryl methyl sites for hydroxylation is 2. The molecule has 3 rings (SSSR count). The van der Waals surface area contributed by atoms with Crippen LogP contribution in [-0.4, -0.2) is 19.9 Å². The Labute approximate surface area is 123 Å². The highest BCUT2D eigenvalue weighted by atomic mass is 16.3. The average molecular weight is 279 g/mol. The molecule has 0 radical (unpaired) electrons. The van der Waals surface area contributed by atoms with Crippen LogP contribution in [0, 0.1) is 13.8 Å². The number of nitrogens with zero attached hydrogens (tertiary/aromatic N) is 3. The van der Waals surface area contributed by atoms with Gasteiger partial charge < -0.3 is 5.11 Å². The van der Waals surface area contributed by atoms with Crippen LogP contribution in [0.5, 0.6) is 0 Å². The van der Waals surface area contributed by atoms with Gasteiger partial charge in [-0.1, -0.05) is 42.0 Å². The molecule has 0 atom stereocenters. The smallest absolute Gasteiger partial charge is 0.168 e. The largest absolute Gasteiger partial charge is 0.388 e. The van der Waals surface area contributed by atoms with Gasteiger partial charge in [-0.15, -0.1) is 10.2 Å². The minimum Gasteiger partial charge on any atom is -0.388 e. The lowest BCUT2D eigenvalue weighted by atomic mass is 10.1. The van der Waals surface area contributed by atoms with E-state index in [1.807, 2.05) is 34.9 Å². The van der Waals surface area contributed by atoms with Crippen molar-refractivity contribution in [3.63, 3.8) is 0 Å². The first-order valence-electron chi connectivity index (χ1n) is 6.89. The predicted octanol–water partition coefficient (Wildman–Crippen LogP) is 3.04. The third-order valence-electron chi connectivity index (χ3n) is 3.51. The number of aromatic nitrogens is 3. The van der Waals surface area contributed by atoms with E-state index in [9.17, 15) is 5.11 Å². The number of rotatable bonds is 3. The van der Waals surface area contributed by atoms with Gasteiger partial charge in [-0.3, -0.25) is 4.57 Å². The number of hydrogen-bond donors (Lipinski definition) is 1. The van der Waals surface area contributed by atoms with Gasteiger partial charge in [0.2, 0.25) is 0 Å². The molecular formula is C17H17N3O. The van der Waals surface area contributed by atoms with E-state index in [1.54, 1.807) is 0 Å². The molecule has 21 heavy (non-hydrogen) atoms. The summed E-state index contributed by atoms with van der Waals surface area (Å²) in [6.07, 6.45) is 0. The Kier molecular flexibility index (Phi) is 3.54. The molecule has 106 valence electrons. The van der Waals surface area contributed by atoms with Gasteiger partial charge >= 0.3 is 0 Å². The van der Waals surface area contributed by atoms with E-state index in [2.05, 4.69) is 42.2 Å². The predicted molar refractivity (Wildman–Crippen MR) is 82.2 cm³/mol. The van der Waals surface area contributed by atoms with Crippen molar-refractivity contribution in [2.45, 2.75) is 20.5 Å². The van der Waals surface area contributed by atoms with Gasteiger partial charge in [-0.2, -0.15) is 0 Å². The summed E-state index contributed by atoms with van der Waals surface area (Å²) in [6, 6.07) is 16.1. The highest BCUT2D eigenvalue weighted by molar-refractivity contribution is 5.63. The van der Waals surface area contributed by atoms with Crippen molar-refractivity contribution in [1.29, 1.82) is 0 Å². The van der Waals surface area contributed by atoms with E-state index in [0.717, 1.165) is 22.6 Å². The van der Waals surface area contributed by atoms with Gasteiger partial charge in [0, 0.05) is 11.3 Å². The molecule has 0 amide bonds. The maximum absolute atomic E-state index is 9.53. The quantitative estimate of drug-likeness (QED) is 0.801. The second-order valence-electron chi connectivity index (χ2n) is 5.09. The number of aliphatic hydroxyl groups is 1. The summed E-state index contributed by atoms with van der Waals surface area (Å²) in [5.74, 6) is 1.29. The number of hydrogen-bond acceptors (Lipinski definition) is 3. The first-order chi connectivity index (χ1) is 10.2. The summed E-state index contributed by atoms with van der Waals surface area (Å²) in [4.78, 5) is 0. The zero-order valence-corrected chi connectivity index (χ0v) is 12.1. The van der Waals surface area contributed by atoms with Crippen LogP contribution >= 0.6 is 0 Å². The molecule has 4 heteroatoms. The zero-order valence-electron chi connectivity index (χ0n) is 12.1. The summed E-state index contributed by atoms with van der Waals surface area (Å²) in [5, 5.41) is 17.9. The second kappa shape index (κ2) is 5.50. The fraction of sp³-hybridized carbons (Fsp3) is 0.176. The summed E-state index contributed by atoms with van der Waals surface area (Å²) < 4.78 is 1.90. The summed E-state index contributed by atoms with van der Waals surface area (Å²) in [5.41, 5.74) is 4.33. The highest BCUT2D eigenvalue weighted by Crippen LogP contribution is 2.26. The molecular weight excluding hydrogens is 262 g/mol. The summed E-state index contributed by atoms with van der Waals surface area (Å²) >= 11 is 0. The van der Waals surface area contributed by atoms with E-state index in [1.165, 1.54) is 5.56 Å². The number of aliphatic hydroxyl groups excluding tert-OH is 1. The Morgan fingerprint density at radius 2 is 1.76 bits per heavy atom. The highest BCUT2D eigenvalue weighted by Gasteiger charge is 2.16. The van der Waals surface area contributed by atoms with E-state index in [0.29, 0.717) is 5.82 Å². The Hall–Kier alpha value is -2.46. The Morgan fingerprint density at radius 3 is 2.43 bits per heavy atom. The first-order valence-corrected chi connectivity index (χ1v) is 6.89. The molecule has 1 N–H and O–H groups in total. The van der Waals surface area contributed by atoms with Crippen LogP contribution in [-0.2, 0) is 6.61 Å². The number of para-hydroxylation sites is 1. The van der Waals surface area contributed by atoms with Crippen molar-refractivity contribution in [2.24, 2.45) is 0 Å². The third kappa shape index (κ3) is 2.45. The van der Waals surface area contributed by atoms with Crippen LogP contribution in [0.1, 0.15) is 17.0 Å². The van der Waals surface area contributed by atoms with Crippen molar-refractivity contribution >= 4 is 0 Å². The summed E-state index contributed by atoms with van der Waals surface area (Å²) in [7, 11) is 0. The Bertz CT molecular complexity index is 763. The maximum atomic E-state index is 9.53. The van der Waals surface area contributed by atoms with Crippen LogP contribution in [0.2, 0.25) is 0 Å². The van der Waals surface area contributed by atoms with Crippen LogP contribution in [0.3, 0.4) is 0 Å². The van der Waals surface area contributed by atoms with Crippen LogP contribution in [0.4, 0.5) is 0 Å². The molecule has 2 aromatic carbocycles. The molecule has 4 nitrogen and oxygen atoms in total. The molecule has 1 heterocycles. The van der Waals surface area contributed by atoms with Crippen molar-refractivity contribution in [2.75, 3.05) is 0 Å². The fourth-order valence-electron chi connectivity index (χ4n) is 2.51. The minimum atomic E-state index is -0.146. The van der Waals surface area contributed by atoms with Gasteiger partial charge in [0.25, 0.3) is 0 Å². The Morgan fingerprint density at radius 1 is 1.00 bits per heavy atom. The normalized spacial score (nSPS) is 10.8. The fourth-order valence-corrected chi connectivity index (χ4v) is 2.51. The topological polar surface area (TPSA) is 50.9 Å². The van der Waals surface area contributed by atoms with Crippen molar-refractivity contribution in [3.8, 4) is 17.1 Å². The third-order valence-corrected chi connectivity index (χ3v) is 3.51. The van der Waals surface area contributed by atoms with Gasteiger partial charge in [0.15, 0.2) is 11.6 Å². The number of benzene rings is 2. The maximum Gasteiger partial charge on any atom is 0.168 e. The molecule has 0 saturated heterocycles. The lowest BCUT2D eigenvalue weighted by Gasteiger charge is -2.11. The molecule has 0 bridgehead atoms. The second-order valence-corrected chi connectivity index (χ2v) is 5.09. The van der Waals surface area contributed by atoms with Crippen LogP contribution in [0.15, 0.2) is 48.5 Å².